The molecule has 1 amide bonds. The van der Waals surface area contributed by atoms with Crippen LogP contribution in [-0.4, -0.2) is 60.5 Å². The van der Waals surface area contributed by atoms with E-state index < -0.39 is 0 Å². The number of ether oxygens (including phenoxy) is 1. The summed E-state index contributed by atoms with van der Waals surface area (Å²) in [6.07, 6.45) is 0.00472. The van der Waals surface area contributed by atoms with E-state index in [0.717, 1.165) is 25.3 Å². The number of Topliss-reactive ketones (excluding diaryl/α,β-unsaturated/α-hetero) is 1. The molecular weight excluding hydrogens is 306 g/mol. The Morgan fingerprint density at radius 2 is 2.08 bits per heavy atom. The third-order valence-corrected chi connectivity index (χ3v) is 4.35. The third kappa shape index (κ3) is 4.45. The molecule has 24 heavy (non-hydrogen) atoms. The number of nitrogens with zero attached hydrogens (tertiary/aromatic N) is 1. The normalized spacial score (nSPS) is 18.8. The molecule has 1 aliphatic rings. The Morgan fingerprint density at radius 1 is 1.38 bits per heavy atom. The number of carbonyl (C=O) groups is 2. The van der Waals surface area contributed by atoms with Gasteiger partial charge in [-0.3, -0.25) is 14.5 Å². The molecular formula is C18H29N3O3. The smallest absolute Gasteiger partial charge is 0.268 e. The van der Waals surface area contributed by atoms with Crippen molar-refractivity contribution in [2.45, 2.75) is 40.7 Å². The number of rotatable bonds is 6. The highest BCUT2D eigenvalue weighted by Gasteiger charge is 2.23. The zero-order valence-electron chi connectivity index (χ0n) is 15.4. The fraction of sp³-hybridized carbons (Fsp3) is 0.667. The van der Waals surface area contributed by atoms with Crippen molar-refractivity contribution in [3.05, 3.63) is 22.5 Å². The number of aromatic nitrogens is 1. The van der Waals surface area contributed by atoms with Crippen LogP contribution in [0.4, 0.5) is 0 Å². The average Bonchev–Trinajstić information content (AvgIpc) is 2.79. The van der Waals surface area contributed by atoms with Gasteiger partial charge in [-0.2, -0.15) is 0 Å². The van der Waals surface area contributed by atoms with Gasteiger partial charge in [0, 0.05) is 37.4 Å². The van der Waals surface area contributed by atoms with Gasteiger partial charge in [0.15, 0.2) is 5.78 Å². The molecule has 0 unspecified atom stereocenters. The predicted octanol–water partition coefficient (Wildman–Crippen LogP) is 1.92. The van der Waals surface area contributed by atoms with Gasteiger partial charge in [-0.15, -0.1) is 0 Å². The third-order valence-electron chi connectivity index (χ3n) is 4.35. The second-order valence-corrected chi connectivity index (χ2v) is 7.04. The van der Waals surface area contributed by atoms with E-state index in [2.05, 4.69) is 29.0 Å². The van der Waals surface area contributed by atoms with Crippen molar-refractivity contribution in [1.29, 1.82) is 0 Å². The van der Waals surface area contributed by atoms with Gasteiger partial charge in [0.05, 0.1) is 12.7 Å². The van der Waals surface area contributed by atoms with Crippen molar-refractivity contribution >= 4 is 11.7 Å². The van der Waals surface area contributed by atoms with Crippen LogP contribution in [-0.2, 0) is 4.74 Å². The number of ketones is 1. The van der Waals surface area contributed by atoms with E-state index in [0.29, 0.717) is 35.9 Å². The van der Waals surface area contributed by atoms with E-state index in [9.17, 15) is 9.59 Å². The first kappa shape index (κ1) is 18.7. The molecule has 6 nitrogen and oxygen atoms in total. The number of morpholine rings is 1. The lowest BCUT2D eigenvalue weighted by molar-refractivity contribution is -0.0295. The number of aryl methyl sites for hydroxylation is 1. The average molecular weight is 335 g/mol. The summed E-state index contributed by atoms with van der Waals surface area (Å²) in [6, 6.07) is 0. The highest BCUT2D eigenvalue weighted by Crippen LogP contribution is 2.18. The molecule has 1 aromatic rings. The molecule has 6 heteroatoms. The summed E-state index contributed by atoms with van der Waals surface area (Å²) in [5.41, 5.74) is 2.52. The monoisotopic (exact) mass is 335 g/mol. The maximum absolute atomic E-state index is 12.4. The molecule has 1 atom stereocenters. The van der Waals surface area contributed by atoms with Gasteiger partial charge in [0.2, 0.25) is 0 Å². The molecule has 0 spiro atoms. The standard InChI is InChI=1S/C18H29N3O3/c1-11(2)9-21-6-7-24-15(10-21)8-19-18(23)17-12(3)16(14(5)22)13(4)20-17/h11,15,20H,6-10H2,1-5H3,(H,19,23)/t15-/m1/s1. The molecule has 0 radical (unpaired) electrons. The lowest BCUT2D eigenvalue weighted by Crippen LogP contribution is -2.48. The number of hydrogen-bond donors (Lipinski definition) is 2. The van der Waals surface area contributed by atoms with E-state index >= 15 is 0 Å². The first-order valence-corrected chi connectivity index (χ1v) is 8.61. The molecule has 1 fully saturated rings. The summed E-state index contributed by atoms with van der Waals surface area (Å²) < 4.78 is 5.75. The molecule has 2 rings (SSSR count). The van der Waals surface area contributed by atoms with Crippen LogP contribution < -0.4 is 5.32 Å². The Balaban J connectivity index is 1.94. The Kier molecular flexibility index (Phi) is 6.18. The molecule has 1 saturated heterocycles. The molecule has 2 N–H and O–H groups in total. The number of H-pyrrole nitrogens is 1. The van der Waals surface area contributed by atoms with Gasteiger partial charge in [-0.1, -0.05) is 13.8 Å². The predicted molar refractivity (Wildman–Crippen MR) is 93.6 cm³/mol. The maximum atomic E-state index is 12.4. The first-order chi connectivity index (χ1) is 11.3. The second kappa shape index (κ2) is 7.94. The summed E-state index contributed by atoms with van der Waals surface area (Å²) in [5, 5.41) is 2.93. The van der Waals surface area contributed by atoms with Crippen molar-refractivity contribution in [1.82, 2.24) is 15.2 Å². The van der Waals surface area contributed by atoms with Gasteiger partial charge < -0.3 is 15.0 Å². The summed E-state index contributed by atoms with van der Waals surface area (Å²) in [6.45, 7) is 13.5. The van der Waals surface area contributed by atoms with Gasteiger partial charge >= 0.3 is 0 Å². The minimum absolute atomic E-state index is 0.00472. The van der Waals surface area contributed by atoms with Crippen LogP contribution in [0.3, 0.4) is 0 Å². The first-order valence-electron chi connectivity index (χ1n) is 8.61. The van der Waals surface area contributed by atoms with E-state index in [1.54, 1.807) is 6.92 Å². The Morgan fingerprint density at radius 3 is 2.67 bits per heavy atom. The largest absolute Gasteiger partial charge is 0.374 e. The lowest BCUT2D eigenvalue weighted by Gasteiger charge is -2.33. The number of carbonyl (C=O) groups excluding carboxylic acids is 2. The van der Waals surface area contributed by atoms with Crippen LogP contribution in [0.1, 0.15) is 52.9 Å². The molecule has 1 aliphatic heterocycles. The van der Waals surface area contributed by atoms with Crippen LogP contribution in [0, 0.1) is 19.8 Å². The van der Waals surface area contributed by atoms with Gasteiger partial charge in [0.1, 0.15) is 5.69 Å². The number of amides is 1. The van der Waals surface area contributed by atoms with Crippen molar-refractivity contribution in [3.63, 3.8) is 0 Å². The van der Waals surface area contributed by atoms with Crippen molar-refractivity contribution in [3.8, 4) is 0 Å². The fourth-order valence-corrected chi connectivity index (χ4v) is 3.39. The molecule has 134 valence electrons. The molecule has 0 aromatic carbocycles. The van der Waals surface area contributed by atoms with Crippen molar-refractivity contribution in [2.24, 2.45) is 5.92 Å². The van der Waals surface area contributed by atoms with Crippen LogP contribution in [0.25, 0.3) is 0 Å². The van der Waals surface area contributed by atoms with Crippen LogP contribution >= 0.6 is 0 Å². The van der Waals surface area contributed by atoms with Gasteiger partial charge in [0.25, 0.3) is 5.91 Å². The van der Waals surface area contributed by atoms with E-state index in [1.807, 2.05) is 6.92 Å². The number of hydrogen-bond acceptors (Lipinski definition) is 4. The fourth-order valence-electron chi connectivity index (χ4n) is 3.39. The van der Waals surface area contributed by atoms with Gasteiger partial charge in [-0.25, -0.2) is 0 Å². The van der Waals surface area contributed by atoms with Gasteiger partial charge in [-0.05, 0) is 32.3 Å². The summed E-state index contributed by atoms with van der Waals surface area (Å²) in [5.74, 6) is 0.404. The SMILES string of the molecule is CC(=O)c1c(C)[nH]c(C(=O)NC[C@@H]2CN(CC(C)C)CCO2)c1C. The van der Waals surface area contributed by atoms with E-state index in [-0.39, 0.29) is 17.8 Å². The zero-order valence-corrected chi connectivity index (χ0v) is 15.4. The molecule has 0 aliphatic carbocycles. The van der Waals surface area contributed by atoms with E-state index in [4.69, 9.17) is 4.74 Å². The topological polar surface area (TPSA) is 74.4 Å². The van der Waals surface area contributed by atoms with Crippen molar-refractivity contribution < 1.29 is 14.3 Å². The Labute approximate surface area is 143 Å². The Bertz CT molecular complexity index is 607. The van der Waals surface area contributed by atoms with Crippen LogP contribution in [0.15, 0.2) is 0 Å². The number of aromatic amines is 1. The van der Waals surface area contributed by atoms with Crippen LogP contribution in [0.2, 0.25) is 0 Å². The minimum atomic E-state index is -0.187. The molecule has 0 bridgehead atoms. The molecule has 1 aromatic heterocycles. The van der Waals surface area contributed by atoms with Crippen LogP contribution in [0.5, 0.6) is 0 Å². The highest BCUT2D eigenvalue weighted by atomic mass is 16.5. The molecule has 2 heterocycles. The zero-order chi connectivity index (χ0) is 17.9. The van der Waals surface area contributed by atoms with E-state index in [1.165, 1.54) is 6.92 Å². The number of nitrogens with one attached hydrogen (secondary N) is 2. The quantitative estimate of drug-likeness (QED) is 0.779. The molecule has 0 saturated carbocycles. The summed E-state index contributed by atoms with van der Waals surface area (Å²) >= 11 is 0. The summed E-state index contributed by atoms with van der Waals surface area (Å²) in [4.78, 5) is 29.5. The minimum Gasteiger partial charge on any atom is -0.374 e. The second-order valence-electron chi connectivity index (χ2n) is 7.04. The Hall–Kier alpha value is -1.66. The summed E-state index contributed by atoms with van der Waals surface area (Å²) in [7, 11) is 0. The maximum Gasteiger partial charge on any atom is 0.268 e. The highest BCUT2D eigenvalue weighted by molar-refractivity contribution is 6.02. The van der Waals surface area contributed by atoms with Crippen molar-refractivity contribution in [2.75, 3.05) is 32.8 Å². The lowest BCUT2D eigenvalue weighted by atomic mass is 10.1.